The molecule has 0 spiro atoms. The van der Waals surface area contributed by atoms with Gasteiger partial charge in [0, 0.05) is 67.0 Å². The second-order valence-electron chi connectivity index (χ2n) is 7.92. The minimum atomic E-state index is -3.22. The average molecular weight is 477 g/mol. The van der Waals surface area contributed by atoms with Crippen molar-refractivity contribution in [3.63, 3.8) is 0 Å². The van der Waals surface area contributed by atoms with E-state index in [2.05, 4.69) is 5.32 Å². The first-order valence-corrected chi connectivity index (χ1v) is 10.6. The van der Waals surface area contributed by atoms with Crippen LogP contribution in [0.2, 0.25) is 0 Å². The highest BCUT2D eigenvalue weighted by atomic mass is 19.1. The Labute approximate surface area is 211 Å². The largest absolute Gasteiger partial charge is 0.381 e. The molecule has 0 bridgehead atoms. The Balaban J connectivity index is 1.49. The molecule has 2 aromatic rings. The predicted octanol–water partition coefficient (Wildman–Crippen LogP) is 2.03. The van der Waals surface area contributed by atoms with Crippen molar-refractivity contribution < 1.29 is 37.2 Å². The zero-order valence-corrected chi connectivity index (χ0v) is 17.9. The molecule has 9 heteroatoms. The summed E-state index contributed by atoms with van der Waals surface area (Å²) in [6.45, 7) is 0.778. The zero-order chi connectivity index (χ0) is 32.5. The second kappa shape index (κ2) is 9.52. The molecule has 2 fully saturated rings. The van der Waals surface area contributed by atoms with Crippen LogP contribution in [0.3, 0.4) is 0 Å². The van der Waals surface area contributed by atoms with E-state index in [1.165, 1.54) is 0 Å². The highest BCUT2D eigenvalue weighted by molar-refractivity contribution is 6.06. The Hall–Kier alpha value is -3.30. The van der Waals surface area contributed by atoms with Gasteiger partial charge in [0.05, 0.1) is 21.4 Å². The number of imide groups is 1. The Kier molecular flexibility index (Phi) is 3.79. The first-order valence-electron chi connectivity index (χ1n) is 15.6. The van der Waals surface area contributed by atoms with Crippen LogP contribution in [0.1, 0.15) is 53.5 Å². The van der Waals surface area contributed by atoms with Crippen molar-refractivity contribution in [1.29, 1.82) is 0 Å². The van der Waals surface area contributed by atoms with Crippen molar-refractivity contribution in [3.8, 4) is 0 Å². The summed E-state index contributed by atoms with van der Waals surface area (Å²) in [4.78, 5) is 40.7. The Bertz CT molecular complexity index is 1570. The lowest BCUT2D eigenvalue weighted by atomic mass is 10.0. The lowest BCUT2D eigenvalue weighted by molar-refractivity contribution is -0.136. The lowest BCUT2D eigenvalue weighted by Gasteiger charge is -2.29. The molecule has 1 atom stereocenters. The number of carbonyl (C=O) groups excluding carboxylic acids is 3. The summed E-state index contributed by atoms with van der Waals surface area (Å²) in [6.07, 6.45) is -6.42. The fourth-order valence-corrected chi connectivity index (χ4v) is 3.95. The number of morpholine rings is 1. The number of hydrogen-bond donors (Lipinski definition) is 2. The van der Waals surface area contributed by atoms with Crippen molar-refractivity contribution in [1.82, 2.24) is 15.1 Å². The van der Waals surface area contributed by atoms with Crippen LogP contribution in [0, 0.1) is 5.82 Å². The SMILES string of the molecule is [2H]c1c([2H])c(NCc2c([2H])c([2H])c(CN3CCOCC3)c([2H])c2F)c2c(c1[2H])C(=O)N(C1C(=O)NC(=O)C([2H])([2H])C1([2H])[2H])C2. The highest BCUT2D eigenvalue weighted by Gasteiger charge is 2.39. The fraction of sp³-hybridized carbons (Fsp3) is 0.400. The Morgan fingerprint density at radius 2 is 2.03 bits per heavy atom. The van der Waals surface area contributed by atoms with Gasteiger partial charge in [-0.1, -0.05) is 18.1 Å². The second-order valence-corrected chi connectivity index (χ2v) is 7.92. The maximum absolute atomic E-state index is 15.5. The van der Waals surface area contributed by atoms with Gasteiger partial charge in [-0.2, -0.15) is 0 Å². The van der Waals surface area contributed by atoms with Gasteiger partial charge >= 0.3 is 0 Å². The number of fused-ring (bicyclic) bond motifs is 1. The van der Waals surface area contributed by atoms with Gasteiger partial charge in [-0.05, 0) is 30.1 Å². The van der Waals surface area contributed by atoms with E-state index in [9.17, 15) is 14.4 Å². The summed E-state index contributed by atoms with van der Waals surface area (Å²) in [6, 6.07) is -5.65. The quantitative estimate of drug-likeness (QED) is 0.620. The monoisotopic (exact) mass is 476 g/mol. The van der Waals surface area contributed by atoms with Gasteiger partial charge in [0.2, 0.25) is 11.8 Å². The van der Waals surface area contributed by atoms with Crippen molar-refractivity contribution in [2.75, 3.05) is 31.6 Å². The summed E-state index contributed by atoms with van der Waals surface area (Å²) in [5.74, 6) is -5.01. The smallest absolute Gasteiger partial charge is 0.255 e. The number of piperidine rings is 1. The van der Waals surface area contributed by atoms with Gasteiger partial charge < -0.3 is 15.0 Å². The number of anilines is 1. The molecule has 5 rings (SSSR count). The third-order valence-corrected chi connectivity index (χ3v) is 5.72. The molecule has 34 heavy (non-hydrogen) atoms. The Morgan fingerprint density at radius 1 is 1.21 bits per heavy atom. The van der Waals surface area contributed by atoms with Gasteiger partial charge in [0.25, 0.3) is 5.91 Å². The van der Waals surface area contributed by atoms with E-state index in [4.69, 9.17) is 18.4 Å². The molecule has 2 N–H and O–H groups in total. The van der Waals surface area contributed by atoms with Crippen LogP contribution in [-0.4, -0.2) is 59.9 Å². The Morgan fingerprint density at radius 3 is 2.85 bits per heavy atom. The van der Waals surface area contributed by atoms with Crippen LogP contribution in [-0.2, 0) is 34.0 Å². The van der Waals surface area contributed by atoms with Crippen molar-refractivity contribution in [2.45, 2.75) is 38.4 Å². The molecular formula is C25H27FN4O4. The van der Waals surface area contributed by atoms with E-state index in [0.717, 1.165) is 0 Å². The number of halogens is 1. The van der Waals surface area contributed by atoms with Gasteiger partial charge in [-0.25, -0.2) is 4.39 Å². The molecule has 0 radical (unpaired) electrons. The average Bonchev–Trinajstić information content (AvgIpc) is 3.30. The molecule has 2 aromatic carbocycles. The molecule has 3 aliphatic rings. The van der Waals surface area contributed by atoms with Crippen LogP contribution >= 0.6 is 0 Å². The van der Waals surface area contributed by atoms with Crippen molar-refractivity contribution in [3.05, 3.63) is 64.3 Å². The molecular weight excluding hydrogens is 439 g/mol. The zero-order valence-electron chi connectivity index (χ0n) is 27.9. The first-order chi connectivity index (χ1) is 20.5. The number of hydrogen-bond acceptors (Lipinski definition) is 6. The molecule has 2 saturated heterocycles. The minimum Gasteiger partial charge on any atom is -0.381 e. The van der Waals surface area contributed by atoms with Crippen LogP contribution < -0.4 is 10.6 Å². The third kappa shape index (κ3) is 4.53. The predicted molar refractivity (Wildman–Crippen MR) is 122 cm³/mol. The molecule has 3 amide bonds. The van der Waals surface area contributed by atoms with E-state index < -0.39 is 96.8 Å². The standard InChI is InChI=1S/C25H27FN4O4/c26-20-12-16(14-29-8-10-34-11-9-29)4-5-17(20)13-27-21-3-1-2-18-19(21)15-30(25(18)33)22-6-7-23(31)28-24(22)32/h1-5,12,22,27H,6-11,13-15H2,(H,28,31,32)/i1D,2D,3D,4D,5D,6D2,7D2,12D. The molecule has 178 valence electrons. The normalized spacial score (nSPS) is 28.1. The van der Waals surface area contributed by atoms with Gasteiger partial charge in [-0.3, -0.25) is 24.6 Å². The molecule has 0 aliphatic carbocycles. The number of benzene rings is 2. The van der Waals surface area contributed by atoms with Crippen LogP contribution in [0.4, 0.5) is 10.1 Å². The highest BCUT2D eigenvalue weighted by Crippen LogP contribution is 2.32. The van der Waals surface area contributed by atoms with Crippen LogP contribution in [0.5, 0.6) is 0 Å². The molecule has 8 nitrogen and oxygen atoms in total. The van der Waals surface area contributed by atoms with E-state index in [1.807, 2.05) is 4.90 Å². The van der Waals surface area contributed by atoms with Gasteiger partial charge in [-0.15, -0.1) is 0 Å². The van der Waals surface area contributed by atoms with E-state index in [1.54, 1.807) is 5.32 Å². The topological polar surface area (TPSA) is 91.0 Å². The van der Waals surface area contributed by atoms with Crippen LogP contribution in [0.15, 0.2) is 36.3 Å². The summed E-state index contributed by atoms with van der Waals surface area (Å²) >= 11 is 0. The molecule has 1 unspecified atom stereocenters. The van der Waals surface area contributed by atoms with E-state index >= 15 is 4.39 Å². The van der Waals surface area contributed by atoms with Crippen molar-refractivity contribution in [2.24, 2.45) is 0 Å². The fourth-order valence-electron chi connectivity index (χ4n) is 3.95. The lowest BCUT2D eigenvalue weighted by Crippen LogP contribution is -2.52. The molecule has 0 aromatic heterocycles. The molecule has 3 aliphatic heterocycles. The number of nitrogens with one attached hydrogen (secondary N) is 2. The first kappa shape index (κ1) is 13.6. The molecule has 0 saturated carbocycles. The number of rotatable bonds is 6. The summed E-state index contributed by atoms with van der Waals surface area (Å²) < 4.78 is 103. The number of ether oxygens (including phenoxy) is 1. The summed E-state index contributed by atoms with van der Waals surface area (Å²) in [7, 11) is 0. The van der Waals surface area contributed by atoms with E-state index in [0.29, 0.717) is 31.2 Å². The number of nitrogens with zero attached hydrogens (tertiary/aromatic N) is 2. The van der Waals surface area contributed by atoms with Gasteiger partial charge in [0.1, 0.15) is 11.9 Å². The van der Waals surface area contributed by atoms with Crippen molar-refractivity contribution >= 4 is 23.4 Å². The maximum atomic E-state index is 15.5. The maximum Gasteiger partial charge on any atom is 0.255 e. The van der Waals surface area contributed by atoms with Gasteiger partial charge in [0.15, 0.2) is 0 Å². The number of amides is 3. The summed E-state index contributed by atoms with van der Waals surface area (Å²) in [5, 5.41) is 4.41. The molecule has 3 heterocycles. The number of carbonyl (C=O) groups is 3. The minimum absolute atomic E-state index is 0.0202. The third-order valence-electron chi connectivity index (χ3n) is 5.72. The summed E-state index contributed by atoms with van der Waals surface area (Å²) in [5.41, 5.74) is -1.23. The van der Waals surface area contributed by atoms with E-state index in [-0.39, 0.29) is 29.4 Å². The van der Waals surface area contributed by atoms with Crippen LogP contribution in [0.25, 0.3) is 0 Å².